The highest BCUT2D eigenvalue weighted by molar-refractivity contribution is 6.04. The smallest absolute Gasteiger partial charge is 0.416 e. The lowest BCUT2D eigenvalue weighted by Crippen LogP contribution is -2.15. The van der Waals surface area contributed by atoms with Gasteiger partial charge in [0.15, 0.2) is 11.6 Å². The first kappa shape index (κ1) is 21.2. The second kappa shape index (κ2) is 8.22. The number of hydrogen-bond donors (Lipinski definition) is 1. The monoisotopic (exact) mass is 445 g/mol. The van der Waals surface area contributed by atoms with E-state index < -0.39 is 40.7 Å². The minimum Gasteiger partial charge on any atom is -0.454 e. The molecular formula is C22H12F5N3O2. The first-order valence-corrected chi connectivity index (χ1v) is 9.07. The third-order valence-corrected chi connectivity index (χ3v) is 4.42. The van der Waals surface area contributed by atoms with Gasteiger partial charge in [0.1, 0.15) is 5.75 Å². The Morgan fingerprint density at radius 3 is 2.38 bits per heavy atom. The molecule has 0 radical (unpaired) electrons. The van der Waals surface area contributed by atoms with Gasteiger partial charge in [-0.2, -0.15) is 17.6 Å². The topological polar surface area (TPSA) is 64.1 Å². The van der Waals surface area contributed by atoms with Crippen LogP contribution in [0.3, 0.4) is 0 Å². The van der Waals surface area contributed by atoms with Crippen molar-refractivity contribution >= 4 is 22.6 Å². The standard InChI is InChI=1S/C22H12F5N3O2/c23-19-16(30-21(31)12-2-1-3-13(10-12)22(25,26)27)6-7-18(20(19)24)32-14-4-5-15-17(11-14)29-9-8-28-15/h1-11H,(H,30,31). The van der Waals surface area contributed by atoms with E-state index in [0.29, 0.717) is 17.1 Å². The van der Waals surface area contributed by atoms with Gasteiger partial charge in [0.25, 0.3) is 5.91 Å². The molecule has 0 fully saturated rings. The Morgan fingerprint density at radius 1 is 0.875 bits per heavy atom. The van der Waals surface area contributed by atoms with Gasteiger partial charge in [0, 0.05) is 24.0 Å². The molecule has 0 aliphatic heterocycles. The number of alkyl halides is 3. The Morgan fingerprint density at radius 2 is 1.62 bits per heavy atom. The molecule has 162 valence electrons. The van der Waals surface area contributed by atoms with E-state index in [1.54, 1.807) is 6.07 Å². The zero-order valence-electron chi connectivity index (χ0n) is 16.0. The first-order chi connectivity index (χ1) is 15.2. The molecule has 0 aliphatic rings. The Kier molecular flexibility index (Phi) is 5.43. The van der Waals surface area contributed by atoms with Crippen LogP contribution in [0, 0.1) is 11.6 Å². The lowest BCUT2D eigenvalue weighted by Gasteiger charge is -2.12. The Hall–Kier alpha value is -4.08. The van der Waals surface area contributed by atoms with Crippen LogP contribution in [-0.4, -0.2) is 15.9 Å². The van der Waals surface area contributed by atoms with E-state index in [2.05, 4.69) is 15.3 Å². The molecule has 1 amide bonds. The molecule has 0 bridgehead atoms. The van der Waals surface area contributed by atoms with Gasteiger partial charge in [-0.05, 0) is 42.5 Å². The summed E-state index contributed by atoms with van der Waals surface area (Å²) in [6, 6.07) is 10.3. The number of nitrogens with zero attached hydrogens (tertiary/aromatic N) is 2. The highest BCUT2D eigenvalue weighted by Crippen LogP contribution is 2.32. The van der Waals surface area contributed by atoms with Gasteiger partial charge in [-0.1, -0.05) is 6.07 Å². The number of carbonyl (C=O) groups excluding carboxylic acids is 1. The van der Waals surface area contributed by atoms with E-state index in [9.17, 15) is 26.7 Å². The summed E-state index contributed by atoms with van der Waals surface area (Å²) in [6.45, 7) is 0. The average molecular weight is 445 g/mol. The van der Waals surface area contributed by atoms with Crippen LogP contribution in [0.25, 0.3) is 11.0 Å². The van der Waals surface area contributed by atoms with E-state index in [1.807, 2.05) is 0 Å². The van der Waals surface area contributed by atoms with Crippen molar-refractivity contribution in [2.24, 2.45) is 0 Å². The number of rotatable bonds is 4. The summed E-state index contributed by atoms with van der Waals surface area (Å²) in [5.41, 5.74) is -0.894. The van der Waals surface area contributed by atoms with E-state index in [0.717, 1.165) is 30.3 Å². The van der Waals surface area contributed by atoms with Crippen LogP contribution < -0.4 is 10.1 Å². The average Bonchev–Trinajstić information content (AvgIpc) is 2.78. The molecule has 5 nitrogen and oxygen atoms in total. The fourth-order valence-corrected chi connectivity index (χ4v) is 2.87. The highest BCUT2D eigenvalue weighted by Gasteiger charge is 2.31. The van der Waals surface area contributed by atoms with Gasteiger partial charge in [-0.3, -0.25) is 14.8 Å². The van der Waals surface area contributed by atoms with Gasteiger partial charge in [-0.25, -0.2) is 4.39 Å². The van der Waals surface area contributed by atoms with Crippen LogP contribution in [0.15, 0.2) is 67.0 Å². The first-order valence-electron chi connectivity index (χ1n) is 9.07. The Labute approximate surface area is 177 Å². The van der Waals surface area contributed by atoms with E-state index in [1.165, 1.54) is 24.5 Å². The minimum absolute atomic E-state index is 0.178. The molecule has 32 heavy (non-hydrogen) atoms. The largest absolute Gasteiger partial charge is 0.454 e. The third kappa shape index (κ3) is 4.34. The fourth-order valence-electron chi connectivity index (χ4n) is 2.87. The maximum absolute atomic E-state index is 14.5. The lowest BCUT2D eigenvalue weighted by molar-refractivity contribution is -0.137. The molecule has 0 atom stereocenters. The van der Waals surface area contributed by atoms with Crippen molar-refractivity contribution in [3.05, 3.63) is 89.8 Å². The number of benzene rings is 3. The van der Waals surface area contributed by atoms with Crippen LogP contribution in [0.4, 0.5) is 27.6 Å². The Bertz CT molecular complexity index is 1320. The second-order valence-electron chi connectivity index (χ2n) is 6.58. The van der Waals surface area contributed by atoms with E-state index in [4.69, 9.17) is 4.74 Å². The number of hydrogen-bond acceptors (Lipinski definition) is 4. The molecule has 3 aromatic carbocycles. The molecule has 1 aromatic heterocycles. The normalized spacial score (nSPS) is 11.4. The van der Waals surface area contributed by atoms with Gasteiger partial charge < -0.3 is 10.1 Å². The van der Waals surface area contributed by atoms with Crippen molar-refractivity contribution < 1.29 is 31.5 Å². The predicted octanol–water partition coefficient (Wildman–Crippen LogP) is 5.97. The van der Waals surface area contributed by atoms with Crippen molar-refractivity contribution in [3.8, 4) is 11.5 Å². The predicted molar refractivity (Wildman–Crippen MR) is 105 cm³/mol. The molecule has 10 heteroatoms. The number of aromatic nitrogens is 2. The van der Waals surface area contributed by atoms with Gasteiger partial charge >= 0.3 is 6.18 Å². The van der Waals surface area contributed by atoms with Crippen molar-refractivity contribution in [1.29, 1.82) is 0 Å². The number of nitrogens with one attached hydrogen (secondary N) is 1. The molecule has 0 saturated heterocycles. The number of amides is 1. The summed E-state index contributed by atoms with van der Waals surface area (Å²) in [7, 11) is 0. The molecule has 0 saturated carbocycles. The van der Waals surface area contributed by atoms with Crippen molar-refractivity contribution in [2.45, 2.75) is 6.18 Å². The highest BCUT2D eigenvalue weighted by atomic mass is 19.4. The SMILES string of the molecule is O=C(Nc1ccc(Oc2ccc3nccnc3c2)c(F)c1F)c1cccc(C(F)(F)F)c1. The number of halogens is 5. The fraction of sp³-hybridized carbons (Fsp3) is 0.0455. The molecule has 1 N–H and O–H groups in total. The van der Waals surface area contributed by atoms with Crippen molar-refractivity contribution in [3.63, 3.8) is 0 Å². The number of carbonyl (C=O) groups is 1. The number of fused-ring (bicyclic) bond motifs is 1. The summed E-state index contributed by atoms with van der Waals surface area (Å²) in [5.74, 6) is -4.12. The molecule has 0 unspecified atom stereocenters. The van der Waals surface area contributed by atoms with Crippen LogP contribution in [0.1, 0.15) is 15.9 Å². The molecule has 0 spiro atoms. The minimum atomic E-state index is -4.65. The quantitative estimate of drug-likeness (QED) is 0.393. The van der Waals surface area contributed by atoms with Crippen LogP contribution >= 0.6 is 0 Å². The van der Waals surface area contributed by atoms with Crippen molar-refractivity contribution in [1.82, 2.24) is 9.97 Å². The van der Waals surface area contributed by atoms with E-state index in [-0.39, 0.29) is 11.3 Å². The van der Waals surface area contributed by atoms with Crippen molar-refractivity contribution in [2.75, 3.05) is 5.32 Å². The molecule has 0 aliphatic carbocycles. The van der Waals surface area contributed by atoms with Gasteiger partial charge in [0.2, 0.25) is 5.82 Å². The van der Waals surface area contributed by atoms with Crippen LogP contribution in [0.5, 0.6) is 11.5 Å². The molecule has 4 aromatic rings. The maximum Gasteiger partial charge on any atom is 0.416 e. The second-order valence-corrected chi connectivity index (χ2v) is 6.58. The van der Waals surface area contributed by atoms with Crippen LogP contribution in [0.2, 0.25) is 0 Å². The summed E-state index contributed by atoms with van der Waals surface area (Å²) in [4.78, 5) is 20.4. The molecular weight excluding hydrogens is 433 g/mol. The van der Waals surface area contributed by atoms with Gasteiger partial charge in [0.05, 0.1) is 22.3 Å². The zero-order valence-corrected chi connectivity index (χ0v) is 16.0. The Balaban J connectivity index is 1.55. The van der Waals surface area contributed by atoms with E-state index >= 15 is 0 Å². The maximum atomic E-state index is 14.5. The summed E-state index contributed by atoms with van der Waals surface area (Å²) in [5, 5.41) is 2.07. The molecule has 1 heterocycles. The summed E-state index contributed by atoms with van der Waals surface area (Å²) < 4.78 is 72.8. The lowest BCUT2D eigenvalue weighted by atomic mass is 10.1. The zero-order chi connectivity index (χ0) is 22.9. The van der Waals surface area contributed by atoms with Gasteiger partial charge in [-0.15, -0.1) is 0 Å². The third-order valence-electron chi connectivity index (χ3n) is 4.42. The molecule has 4 rings (SSSR count). The summed E-state index contributed by atoms with van der Waals surface area (Å²) >= 11 is 0. The summed E-state index contributed by atoms with van der Waals surface area (Å²) in [6.07, 6.45) is -1.68. The number of anilines is 1. The van der Waals surface area contributed by atoms with Crippen LogP contribution in [-0.2, 0) is 6.18 Å². The number of ether oxygens (including phenoxy) is 1.